The molecule has 88 valence electrons. The van der Waals surface area contributed by atoms with Crippen LogP contribution >= 0.6 is 0 Å². The van der Waals surface area contributed by atoms with E-state index in [0.717, 1.165) is 25.3 Å². The van der Waals surface area contributed by atoms with E-state index in [1.165, 1.54) is 22.6 Å². The number of hydrogen-bond acceptors (Lipinski definition) is 2. The Balaban J connectivity index is 2.17. The quantitative estimate of drug-likeness (QED) is 0.809. The molecule has 2 aromatic rings. The lowest BCUT2D eigenvalue weighted by molar-refractivity contribution is 0.620. The highest BCUT2D eigenvalue weighted by atomic mass is 15.1. The zero-order chi connectivity index (χ0) is 11.8. The number of hydrogen-bond donors (Lipinski definition) is 1. The molecule has 1 aliphatic rings. The van der Waals surface area contributed by atoms with Crippen LogP contribution in [0.1, 0.15) is 22.8 Å². The second-order valence-corrected chi connectivity index (χ2v) is 4.65. The van der Waals surface area contributed by atoms with Crippen molar-refractivity contribution >= 4 is 0 Å². The minimum atomic E-state index is 0.898. The van der Waals surface area contributed by atoms with Crippen molar-refractivity contribution in [1.29, 1.82) is 0 Å². The second kappa shape index (κ2) is 4.00. The predicted molar refractivity (Wildman–Crippen MR) is 68.4 cm³/mol. The Labute approximate surface area is 101 Å². The lowest BCUT2D eigenvalue weighted by Crippen LogP contribution is -2.24. The highest BCUT2D eigenvalue weighted by molar-refractivity contribution is 5.40. The first-order chi connectivity index (χ1) is 8.25. The number of nitrogens with zero attached hydrogens (tertiary/aromatic N) is 2. The number of nitrogens with one attached hydrogen (secondary N) is 1. The van der Waals surface area contributed by atoms with Crippen LogP contribution in [0.15, 0.2) is 24.3 Å². The number of benzene rings is 1. The fraction of sp³-hybridized carbons (Fsp3) is 0.357. The van der Waals surface area contributed by atoms with Crippen molar-refractivity contribution in [1.82, 2.24) is 14.9 Å². The molecular formula is C14H17N3. The Kier molecular flexibility index (Phi) is 2.48. The van der Waals surface area contributed by atoms with Crippen LogP contribution in [-0.2, 0) is 13.0 Å². The van der Waals surface area contributed by atoms with Gasteiger partial charge in [-0.25, -0.2) is 4.98 Å². The highest BCUT2D eigenvalue weighted by Crippen LogP contribution is 2.21. The minimum Gasteiger partial charge on any atom is -0.311 e. The Hall–Kier alpha value is -1.61. The van der Waals surface area contributed by atoms with Gasteiger partial charge in [0.2, 0.25) is 0 Å². The van der Waals surface area contributed by atoms with Gasteiger partial charge >= 0.3 is 0 Å². The summed E-state index contributed by atoms with van der Waals surface area (Å²) in [5, 5.41) is 3.37. The maximum absolute atomic E-state index is 4.66. The molecule has 17 heavy (non-hydrogen) atoms. The van der Waals surface area contributed by atoms with Gasteiger partial charge in [-0.05, 0) is 31.5 Å². The third-order valence-electron chi connectivity index (χ3n) is 3.31. The molecule has 3 rings (SSSR count). The summed E-state index contributed by atoms with van der Waals surface area (Å²) in [7, 11) is 0. The smallest absolute Gasteiger partial charge is 0.110 e. The largest absolute Gasteiger partial charge is 0.311 e. The molecule has 3 nitrogen and oxygen atoms in total. The van der Waals surface area contributed by atoms with Gasteiger partial charge in [0.1, 0.15) is 5.82 Å². The predicted octanol–water partition coefficient (Wildman–Crippen LogP) is 2.13. The van der Waals surface area contributed by atoms with E-state index in [1.807, 2.05) is 0 Å². The molecule has 0 spiro atoms. The van der Waals surface area contributed by atoms with Crippen molar-refractivity contribution in [2.24, 2.45) is 0 Å². The van der Waals surface area contributed by atoms with E-state index in [-0.39, 0.29) is 0 Å². The Morgan fingerprint density at radius 2 is 2.18 bits per heavy atom. The zero-order valence-corrected chi connectivity index (χ0v) is 10.3. The van der Waals surface area contributed by atoms with Crippen molar-refractivity contribution in [3.8, 4) is 5.69 Å². The van der Waals surface area contributed by atoms with Gasteiger partial charge in [0, 0.05) is 30.9 Å². The van der Waals surface area contributed by atoms with Crippen LogP contribution in [0.25, 0.3) is 5.69 Å². The first-order valence-electron chi connectivity index (χ1n) is 6.10. The molecule has 0 bridgehead atoms. The number of imidazole rings is 1. The molecule has 0 fully saturated rings. The van der Waals surface area contributed by atoms with Gasteiger partial charge in [-0.1, -0.05) is 12.1 Å². The molecule has 0 saturated heterocycles. The lowest BCUT2D eigenvalue weighted by atomic mass is 10.1. The number of aryl methyl sites for hydroxylation is 2. The molecule has 1 aromatic heterocycles. The lowest BCUT2D eigenvalue weighted by Gasteiger charge is -2.16. The summed E-state index contributed by atoms with van der Waals surface area (Å²) in [5.41, 5.74) is 5.10. The summed E-state index contributed by atoms with van der Waals surface area (Å²) in [6.07, 6.45) is 1.06. The molecule has 0 saturated carbocycles. The fourth-order valence-electron chi connectivity index (χ4n) is 2.56. The van der Waals surface area contributed by atoms with Crippen molar-refractivity contribution in [2.75, 3.05) is 6.54 Å². The summed E-state index contributed by atoms with van der Waals surface area (Å²) in [6, 6.07) is 8.61. The van der Waals surface area contributed by atoms with E-state index >= 15 is 0 Å². The number of rotatable bonds is 1. The minimum absolute atomic E-state index is 0.898. The van der Waals surface area contributed by atoms with Gasteiger partial charge in [-0.2, -0.15) is 0 Å². The molecule has 3 heteroatoms. The van der Waals surface area contributed by atoms with Crippen LogP contribution in [0, 0.1) is 13.8 Å². The summed E-state index contributed by atoms with van der Waals surface area (Å²) in [6.45, 7) is 6.16. The summed E-state index contributed by atoms with van der Waals surface area (Å²) < 4.78 is 2.29. The summed E-state index contributed by atoms with van der Waals surface area (Å²) >= 11 is 0. The maximum atomic E-state index is 4.66. The molecule has 0 atom stereocenters. The van der Waals surface area contributed by atoms with Crippen molar-refractivity contribution in [3.63, 3.8) is 0 Å². The van der Waals surface area contributed by atoms with Gasteiger partial charge in [0.15, 0.2) is 0 Å². The van der Waals surface area contributed by atoms with Crippen LogP contribution in [0.4, 0.5) is 0 Å². The first kappa shape index (κ1) is 10.5. The van der Waals surface area contributed by atoms with Crippen LogP contribution in [0.3, 0.4) is 0 Å². The van der Waals surface area contributed by atoms with E-state index in [2.05, 4.69) is 53.0 Å². The van der Waals surface area contributed by atoms with E-state index in [9.17, 15) is 0 Å². The molecule has 0 unspecified atom stereocenters. The number of aromatic nitrogens is 2. The van der Waals surface area contributed by atoms with Gasteiger partial charge < -0.3 is 9.88 Å². The summed E-state index contributed by atoms with van der Waals surface area (Å²) in [4.78, 5) is 4.66. The van der Waals surface area contributed by atoms with Crippen LogP contribution in [0.2, 0.25) is 0 Å². The van der Waals surface area contributed by atoms with Gasteiger partial charge in [-0.3, -0.25) is 0 Å². The standard InChI is InChI=1S/C14H17N3/c1-10-4-3-5-12(8-10)17-11(2)16-13-9-15-7-6-14(13)17/h3-5,8,15H,6-7,9H2,1-2H3. The number of fused-ring (bicyclic) bond motifs is 1. The Bertz CT molecular complexity index is 555. The van der Waals surface area contributed by atoms with Gasteiger partial charge in [0.25, 0.3) is 0 Å². The van der Waals surface area contributed by atoms with E-state index in [1.54, 1.807) is 0 Å². The molecule has 0 radical (unpaired) electrons. The van der Waals surface area contributed by atoms with Crippen molar-refractivity contribution < 1.29 is 0 Å². The first-order valence-corrected chi connectivity index (χ1v) is 6.10. The fourth-order valence-corrected chi connectivity index (χ4v) is 2.56. The molecule has 1 aromatic carbocycles. The van der Waals surface area contributed by atoms with Crippen LogP contribution < -0.4 is 5.32 Å². The monoisotopic (exact) mass is 227 g/mol. The van der Waals surface area contributed by atoms with Gasteiger partial charge in [-0.15, -0.1) is 0 Å². The molecule has 0 amide bonds. The Morgan fingerprint density at radius 1 is 1.29 bits per heavy atom. The molecule has 1 N–H and O–H groups in total. The highest BCUT2D eigenvalue weighted by Gasteiger charge is 2.18. The maximum Gasteiger partial charge on any atom is 0.110 e. The second-order valence-electron chi connectivity index (χ2n) is 4.65. The van der Waals surface area contributed by atoms with E-state index in [4.69, 9.17) is 0 Å². The zero-order valence-electron chi connectivity index (χ0n) is 10.3. The molecule has 0 aliphatic carbocycles. The van der Waals surface area contributed by atoms with E-state index < -0.39 is 0 Å². The third kappa shape index (κ3) is 1.76. The SMILES string of the molecule is Cc1cccc(-n2c(C)nc3c2CCNC3)c1. The average Bonchev–Trinajstić information content (AvgIpc) is 2.64. The molecular weight excluding hydrogens is 210 g/mol. The molecule has 1 aliphatic heterocycles. The normalized spacial score (nSPS) is 14.7. The molecule has 2 heterocycles. The van der Waals surface area contributed by atoms with Gasteiger partial charge in [0.05, 0.1) is 5.69 Å². The van der Waals surface area contributed by atoms with E-state index in [0.29, 0.717) is 0 Å². The summed E-state index contributed by atoms with van der Waals surface area (Å²) in [5.74, 6) is 1.09. The topological polar surface area (TPSA) is 29.9 Å². The van der Waals surface area contributed by atoms with Crippen LogP contribution in [-0.4, -0.2) is 16.1 Å². The van der Waals surface area contributed by atoms with Crippen LogP contribution in [0.5, 0.6) is 0 Å². The van der Waals surface area contributed by atoms with Crippen molar-refractivity contribution in [2.45, 2.75) is 26.8 Å². The third-order valence-corrected chi connectivity index (χ3v) is 3.31. The Morgan fingerprint density at radius 3 is 3.00 bits per heavy atom. The van der Waals surface area contributed by atoms with Crippen molar-refractivity contribution in [3.05, 3.63) is 47.0 Å². The average molecular weight is 227 g/mol.